The Kier molecular flexibility index (Phi) is 8.33. The molecule has 0 aliphatic rings. The molecule has 0 radical (unpaired) electrons. The number of hydrogen-bond donors (Lipinski definition) is 2. The van der Waals surface area contributed by atoms with E-state index in [1.807, 2.05) is 18.7 Å². The molecule has 0 heterocycles. The van der Waals surface area contributed by atoms with Gasteiger partial charge < -0.3 is 5.73 Å². The Bertz CT molecular complexity index is 530. The molecule has 0 saturated carbocycles. The van der Waals surface area contributed by atoms with Gasteiger partial charge in [-0.15, -0.1) is 0 Å². The molecule has 0 aromatic heterocycles. The van der Waals surface area contributed by atoms with Crippen LogP contribution in [0.25, 0.3) is 0 Å². The fraction of sp³-hybridized carbons (Fsp3) is 0.600. The van der Waals surface area contributed by atoms with Crippen molar-refractivity contribution in [2.75, 3.05) is 18.6 Å². The van der Waals surface area contributed by atoms with Crippen LogP contribution in [-0.4, -0.2) is 27.0 Å². The third kappa shape index (κ3) is 6.38. The van der Waals surface area contributed by atoms with Gasteiger partial charge in [-0.3, -0.25) is 0 Å². The first kappa shape index (κ1) is 18.5. The Morgan fingerprint density at radius 2 is 1.90 bits per heavy atom. The van der Waals surface area contributed by atoms with Crippen molar-refractivity contribution in [1.29, 1.82) is 0 Å². The SMILES string of the molecule is CSCCCCCCNS(=O)(=O)c1ccc(C)c(CN)c1. The summed E-state index contributed by atoms with van der Waals surface area (Å²) in [5.74, 6) is 1.18. The molecule has 1 aromatic carbocycles. The summed E-state index contributed by atoms with van der Waals surface area (Å²) in [6.07, 6.45) is 6.40. The first-order chi connectivity index (χ1) is 10.0. The molecular weight excluding hydrogens is 304 g/mol. The zero-order chi connectivity index (χ0) is 15.7. The predicted molar refractivity (Wildman–Crippen MR) is 91.1 cm³/mol. The van der Waals surface area contributed by atoms with Crippen LogP contribution >= 0.6 is 11.8 Å². The van der Waals surface area contributed by atoms with Crippen molar-refractivity contribution in [3.05, 3.63) is 29.3 Å². The third-order valence-electron chi connectivity index (χ3n) is 3.42. The Balaban J connectivity index is 2.46. The lowest BCUT2D eigenvalue weighted by atomic mass is 10.1. The van der Waals surface area contributed by atoms with Crippen LogP contribution in [0.4, 0.5) is 0 Å². The van der Waals surface area contributed by atoms with E-state index in [4.69, 9.17) is 5.73 Å². The molecule has 0 atom stereocenters. The van der Waals surface area contributed by atoms with Crippen molar-refractivity contribution < 1.29 is 8.42 Å². The van der Waals surface area contributed by atoms with Crippen molar-refractivity contribution in [2.45, 2.75) is 44.0 Å². The highest BCUT2D eigenvalue weighted by atomic mass is 32.2. The molecule has 3 N–H and O–H groups in total. The molecule has 0 aliphatic heterocycles. The molecule has 0 fully saturated rings. The second-order valence-corrected chi connectivity index (χ2v) is 7.85. The lowest BCUT2D eigenvalue weighted by molar-refractivity contribution is 0.573. The van der Waals surface area contributed by atoms with Crippen LogP contribution in [-0.2, 0) is 16.6 Å². The Labute approximate surface area is 132 Å². The van der Waals surface area contributed by atoms with Gasteiger partial charge in [0.05, 0.1) is 4.90 Å². The molecule has 0 saturated heterocycles. The van der Waals surface area contributed by atoms with E-state index >= 15 is 0 Å². The number of rotatable bonds is 10. The topological polar surface area (TPSA) is 72.2 Å². The van der Waals surface area contributed by atoms with E-state index in [-0.39, 0.29) is 0 Å². The van der Waals surface area contributed by atoms with Crippen LogP contribution in [0, 0.1) is 6.92 Å². The van der Waals surface area contributed by atoms with Gasteiger partial charge in [0.25, 0.3) is 0 Å². The summed E-state index contributed by atoms with van der Waals surface area (Å²) < 4.78 is 27.0. The molecule has 120 valence electrons. The number of benzene rings is 1. The molecule has 1 rings (SSSR count). The summed E-state index contributed by atoms with van der Waals surface area (Å²) >= 11 is 1.85. The predicted octanol–water partition coefficient (Wildman–Crippen LogP) is 2.66. The van der Waals surface area contributed by atoms with Crippen LogP contribution in [0.1, 0.15) is 36.8 Å². The number of unbranched alkanes of at least 4 members (excludes halogenated alkanes) is 3. The molecule has 0 unspecified atom stereocenters. The summed E-state index contributed by atoms with van der Waals surface area (Å²) in [5, 5.41) is 0. The molecule has 1 aromatic rings. The van der Waals surface area contributed by atoms with Crippen molar-refractivity contribution in [1.82, 2.24) is 4.72 Å². The first-order valence-corrected chi connectivity index (χ1v) is 10.2. The van der Waals surface area contributed by atoms with Crippen molar-refractivity contribution in [3.63, 3.8) is 0 Å². The van der Waals surface area contributed by atoms with Crippen molar-refractivity contribution in [2.24, 2.45) is 5.73 Å². The zero-order valence-electron chi connectivity index (χ0n) is 12.9. The van der Waals surface area contributed by atoms with Crippen LogP contribution in [0.3, 0.4) is 0 Å². The van der Waals surface area contributed by atoms with E-state index in [2.05, 4.69) is 11.0 Å². The van der Waals surface area contributed by atoms with E-state index < -0.39 is 10.0 Å². The maximum atomic E-state index is 12.2. The molecular formula is C15H26N2O2S2. The van der Waals surface area contributed by atoms with Gasteiger partial charge in [-0.05, 0) is 55.0 Å². The number of nitrogens with one attached hydrogen (secondary N) is 1. The number of thioether (sulfide) groups is 1. The van der Waals surface area contributed by atoms with Crippen molar-refractivity contribution >= 4 is 21.8 Å². The first-order valence-electron chi connectivity index (χ1n) is 7.29. The van der Waals surface area contributed by atoms with Crippen LogP contribution in [0.2, 0.25) is 0 Å². The minimum absolute atomic E-state index is 0.302. The monoisotopic (exact) mass is 330 g/mol. The average Bonchev–Trinajstić information content (AvgIpc) is 2.46. The number of aryl methyl sites for hydroxylation is 1. The minimum atomic E-state index is -3.42. The smallest absolute Gasteiger partial charge is 0.240 e. The summed E-state index contributed by atoms with van der Waals surface area (Å²) in [5.41, 5.74) is 7.51. The van der Waals surface area contributed by atoms with Gasteiger partial charge in [0, 0.05) is 13.1 Å². The van der Waals surface area contributed by atoms with Gasteiger partial charge in [0.2, 0.25) is 10.0 Å². The quantitative estimate of drug-likeness (QED) is 0.647. The fourth-order valence-corrected chi connectivity index (χ4v) is 3.67. The Hall–Kier alpha value is -0.560. The number of nitrogens with two attached hydrogens (primary N) is 1. The standard InChI is InChI=1S/C15H26N2O2S2/c1-13-7-8-15(11-14(13)12-16)21(18,19)17-9-5-3-4-6-10-20-2/h7-8,11,17H,3-6,9-10,12,16H2,1-2H3. The summed E-state index contributed by atoms with van der Waals surface area (Å²) in [7, 11) is -3.42. The van der Waals surface area contributed by atoms with Gasteiger partial charge in [0.1, 0.15) is 0 Å². The number of sulfonamides is 1. The highest BCUT2D eigenvalue weighted by molar-refractivity contribution is 7.98. The minimum Gasteiger partial charge on any atom is -0.326 e. The lowest BCUT2D eigenvalue weighted by Crippen LogP contribution is -2.25. The normalized spacial score (nSPS) is 11.8. The van der Waals surface area contributed by atoms with Gasteiger partial charge >= 0.3 is 0 Å². The molecule has 21 heavy (non-hydrogen) atoms. The van der Waals surface area contributed by atoms with E-state index in [9.17, 15) is 8.42 Å². The average molecular weight is 331 g/mol. The van der Waals surface area contributed by atoms with Crippen molar-refractivity contribution in [3.8, 4) is 0 Å². The van der Waals surface area contributed by atoms with E-state index in [0.717, 1.165) is 30.4 Å². The Morgan fingerprint density at radius 3 is 2.57 bits per heavy atom. The molecule has 0 amide bonds. The Morgan fingerprint density at radius 1 is 1.19 bits per heavy atom. The lowest BCUT2D eigenvalue weighted by Gasteiger charge is -2.09. The second-order valence-electron chi connectivity index (χ2n) is 5.10. The van der Waals surface area contributed by atoms with Gasteiger partial charge in [-0.25, -0.2) is 13.1 Å². The van der Waals surface area contributed by atoms with Crippen LogP contribution in [0.15, 0.2) is 23.1 Å². The molecule has 0 spiro atoms. The van der Waals surface area contributed by atoms with Crippen LogP contribution in [0.5, 0.6) is 0 Å². The van der Waals surface area contributed by atoms with E-state index in [1.165, 1.54) is 12.2 Å². The van der Waals surface area contributed by atoms with Crippen LogP contribution < -0.4 is 10.5 Å². The second kappa shape index (κ2) is 9.46. The van der Waals surface area contributed by atoms with Gasteiger partial charge in [0.15, 0.2) is 0 Å². The number of hydrogen-bond acceptors (Lipinski definition) is 4. The maximum absolute atomic E-state index is 12.2. The third-order valence-corrected chi connectivity index (χ3v) is 5.57. The fourth-order valence-electron chi connectivity index (χ4n) is 2.05. The zero-order valence-corrected chi connectivity index (χ0v) is 14.5. The molecule has 6 heteroatoms. The van der Waals surface area contributed by atoms with E-state index in [0.29, 0.717) is 18.0 Å². The highest BCUT2D eigenvalue weighted by Crippen LogP contribution is 2.15. The van der Waals surface area contributed by atoms with E-state index in [1.54, 1.807) is 18.2 Å². The highest BCUT2D eigenvalue weighted by Gasteiger charge is 2.14. The molecule has 4 nitrogen and oxygen atoms in total. The summed E-state index contributed by atoms with van der Waals surface area (Å²) in [6.45, 7) is 2.78. The van der Waals surface area contributed by atoms with Gasteiger partial charge in [-0.1, -0.05) is 18.9 Å². The summed E-state index contributed by atoms with van der Waals surface area (Å²) in [6, 6.07) is 5.10. The molecule has 0 bridgehead atoms. The molecule has 0 aliphatic carbocycles. The summed E-state index contributed by atoms with van der Waals surface area (Å²) in [4.78, 5) is 0.302. The van der Waals surface area contributed by atoms with Gasteiger partial charge in [-0.2, -0.15) is 11.8 Å². The maximum Gasteiger partial charge on any atom is 0.240 e. The largest absolute Gasteiger partial charge is 0.326 e.